The fraction of sp³-hybridized carbons (Fsp3) is 0.545. The van der Waals surface area contributed by atoms with E-state index in [1.807, 2.05) is 0 Å². The first-order chi connectivity index (χ1) is 9.73. The van der Waals surface area contributed by atoms with Crippen LogP contribution < -0.4 is 5.32 Å². The molecule has 2 rings (SSSR count). The number of rotatable bonds is 6. The third kappa shape index (κ3) is 3.22. The molecule has 0 aromatic carbocycles. The van der Waals surface area contributed by atoms with Gasteiger partial charge in [0.25, 0.3) is 10.0 Å². The standard InChI is InChI=1S/C11H16N4O5S/c1-6-9(11(17)18)10(14-13-6)21(19,20)15(2)5-8(16)12-7-3-4-7/h7H,3-5H2,1-2H3,(H,12,16)(H,13,14)(H,17,18). The minimum Gasteiger partial charge on any atom is -0.478 e. The van der Waals surface area contributed by atoms with Crippen LogP contribution in [0.25, 0.3) is 0 Å². The number of aromatic amines is 1. The molecule has 3 N–H and O–H groups in total. The van der Waals surface area contributed by atoms with E-state index in [0.717, 1.165) is 17.1 Å². The Hall–Kier alpha value is -1.94. The Morgan fingerprint density at radius 1 is 1.48 bits per heavy atom. The number of nitrogens with zero attached hydrogens (tertiary/aromatic N) is 2. The van der Waals surface area contributed by atoms with Crippen molar-refractivity contribution in [2.75, 3.05) is 13.6 Å². The Kier molecular flexibility index (Phi) is 4.01. The number of nitrogens with one attached hydrogen (secondary N) is 2. The molecular weight excluding hydrogens is 300 g/mol. The van der Waals surface area contributed by atoms with E-state index in [-0.39, 0.29) is 18.3 Å². The van der Waals surface area contributed by atoms with E-state index in [4.69, 9.17) is 5.11 Å². The zero-order valence-corrected chi connectivity index (χ0v) is 12.4. The van der Waals surface area contributed by atoms with Gasteiger partial charge in [-0.15, -0.1) is 0 Å². The van der Waals surface area contributed by atoms with Gasteiger partial charge >= 0.3 is 5.97 Å². The van der Waals surface area contributed by atoms with Crippen molar-refractivity contribution >= 4 is 21.9 Å². The van der Waals surface area contributed by atoms with Gasteiger partial charge in [-0.2, -0.15) is 9.40 Å². The molecule has 1 aliphatic carbocycles. The molecule has 1 fully saturated rings. The fourth-order valence-electron chi connectivity index (χ4n) is 1.78. The van der Waals surface area contributed by atoms with Crippen molar-refractivity contribution in [3.63, 3.8) is 0 Å². The van der Waals surface area contributed by atoms with Gasteiger partial charge in [-0.1, -0.05) is 0 Å². The third-order valence-electron chi connectivity index (χ3n) is 3.09. The number of aryl methyl sites for hydroxylation is 1. The molecule has 9 nitrogen and oxygen atoms in total. The lowest BCUT2D eigenvalue weighted by Crippen LogP contribution is -2.39. The number of carboxylic acid groups (broad SMARTS) is 1. The summed E-state index contributed by atoms with van der Waals surface area (Å²) in [5.74, 6) is -1.82. The van der Waals surface area contributed by atoms with E-state index in [0.29, 0.717) is 0 Å². The summed E-state index contributed by atoms with van der Waals surface area (Å²) >= 11 is 0. The maximum Gasteiger partial charge on any atom is 0.340 e. The van der Waals surface area contributed by atoms with Crippen LogP contribution in [0.15, 0.2) is 5.03 Å². The highest BCUT2D eigenvalue weighted by Gasteiger charge is 2.33. The van der Waals surface area contributed by atoms with E-state index in [9.17, 15) is 18.0 Å². The van der Waals surface area contributed by atoms with E-state index in [1.165, 1.54) is 14.0 Å². The SMILES string of the molecule is Cc1[nH]nc(S(=O)(=O)N(C)CC(=O)NC2CC2)c1C(=O)O. The largest absolute Gasteiger partial charge is 0.478 e. The van der Waals surface area contributed by atoms with Crippen molar-refractivity contribution in [1.29, 1.82) is 0 Å². The molecule has 0 bridgehead atoms. The molecule has 1 saturated carbocycles. The fourth-order valence-corrected chi connectivity index (χ4v) is 3.02. The number of sulfonamides is 1. The molecule has 1 amide bonds. The summed E-state index contributed by atoms with van der Waals surface area (Å²) in [6.45, 7) is 1.03. The van der Waals surface area contributed by atoms with E-state index >= 15 is 0 Å². The summed E-state index contributed by atoms with van der Waals surface area (Å²) in [7, 11) is -2.95. The first kappa shape index (κ1) is 15.4. The highest BCUT2D eigenvalue weighted by molar-refractivity contribution is 7.89. The molecule has 0 aliphatic heterocycles. The Labute approximate surface area is 121 Å². The molecule has 0 atom stereocenters. The van der Waals surface area contributed by atoms with Crippen LogP contribution in [0.2, 0.25) is 0 Å². The first-order valence-electron chi connectivity index (χ1n) is 6.27. The van der Waals surface area contributed by atoms with Crippen molar-refractivity contribution < 1.29 is 23.1 Å². The van der Waals surface area contributed by atoms with Gasteiger partial charge in [0.15, 0.2) is 0 Å². The van der Waals surface area contributed by atoms with Gasteiger partial charge in [-0.05, 0) is 19.8 Å². The van der Waals surface area contributed by atoms with Gasteiger partial charge in [0.1, 0.15) is 5.56 Å². The van der Waals surface area contributed by atoms with E-state index in [1.54, 1.807) is 0 Å². The van der Waals surface area contributed by atoms with Crippen molar-refractivity contribution in [3.05, 3.63) is 11.3 Å². The second-order valence-corrected chi connectivity index (χ2v) is 6.90. The van der Waals surface area contributed by atoms with Crippen LogP contribution in [0, 0.1) is 6.92 Å². The van der Waals surface area contributed by atoms with Crippen LogP contribution >= 0.6 is 0 Å². The third-order valence-corrected chi connectivity index (χ3v) is 4.83. The first-order valence-corrected chi connectivity index (χ1v) is 7.71. The average Bonchev–Trinajstić information content (AvgIpc) is 3.07. The predicted molar refractivity (Wildman–Crippen MR) is 71.3 cm³/mol. The van der Waals surface area contributed by atoms with Crippen LogP contribution in [0.1, 0.15) is 28.9 Å². The van der Waals surface area contributed by atoms with Gasteiger partial charge in [0.05, 0.1) is 6.54 Å². The summed E-state index contributed by atoms with van der Waals surface area (Å²) in [5.41, 5.74) is -0.277. The summed E-state index contributed by atoms with van der Waals surface area (Å²) in [6, 6.07) is 0.121. The smallest absolute Gasteiger partial charge is 0.340 e. The summed E-state index contributed by atoms with van der Waals surface area (Å²) < 4.78 is 25.4. The van der Waals surface area contributed by atoms with Crippen molar-refractivity contribution in [2.45, 2.75) is 30.8 Å². The number of carbonyl (C=O) groups is 2. The maximum absolute atomic E-state index is 12.3. The van der Waals surface area contributed by atoms with Crippen molar-refractivity contribution in [3.8, 4) is 0 Å². The topological polar surface area (TPSA) is 132 Å². The lowest BCUT2D eigenvalue weighted by molar-refractivity contribution is -0.121. The van der Waals surface area contributed by atoms with Gasteiger partial charge < -0.3 is 10.4 Å². The molecule has 1 heterocycles. The predicted octanol–water partition coefficient (Wildman–Crippen LogP) is -0.685. The number of hydrogen-bond acceptors (Lipinski definition) is 5. The second-order valence-electron chi connectivity index (χ2n) is 4.94. The van der Waals surface area contributed by atoms with Crippen molar-refractivity contribution in [2.24, 2.45) is 0 Å². The maximum atomic E-state index is 12.3. The molecule has 21 heavy (non-hydrogen) atoms. The minimum absolute atomic E-state index is 0.121. The Morgan fingerprint density at radius 3 is 2.62 bits per heavy atom. The Bertz CT molecular complexity index is 677. The van der Waals surface area contributed by atoms with Crippen LogP contribution in [0.4, 0.5) is 0 Å². The molecular formula is C11H16N4O5S. The Morgan fingerprint density at radius 2 is 2.10 bits per heavy atom. The summed E-state index contributed by atoms with van der Waals surface area (Å²) in [4.78, 5) is 22.8. The molecule has 0 radical (unpaired) electrons. The quantitative estimate of drug-likeness (QED) is 0.636. The summed E-state index contributed by atoms with van der Waals surface area (Å²) in [6.07, 6.45) is 1.79. The van der Waals surface area contributed by atoms with E-state index < -0.39 is 32.5 Å². The van der Waals surface area contributed by atoms with Gasteiger partial charge in [-0.3, -0.25) is 9.89 Å². The highest BCUT2D eigenvalue weighted by Crippen LogP contribution is 2.20. The number of carboxylic acids is 1. The van der Waals surface area contributed by atoms with Gasteiger partial charge in [0, 0.05) is 18.8 Å². The number of carbonyl (C=O) groups excluding carboxylic acids is 1. The molecule has 1 aliphatic rings. The number of aromatic carboxylic acids is 1. The van der Waals surface area contributed by atoms with Crippen LogP contribution in [-0.2, 0) is 14.8 Å². The minimum atomic E-state index is -4.15. The monoisotopic (exact) mass is 316 g/mol. The number of H-pyrrole nitrogens is 1. The van der Waals surface area contributed by atoms with Crippen LogP contribution in [-0.4, -0.2) is 59.5 Å². The van der Waals surface area contributed by atoms with Gasteiger partial charge in [-0.25, -0.2) is 13.2 Å². The summed E-state index contributed by atoms with van der Waals surface area (Å²) in [5, 5.41) is 17.0. The zero-order chi connectivity index (χ0) is 15.8. The number of likely N-dealkylation sites (N-methyl/N-ethyl adjacent to an activating group) is 1. The molecule has 116 valence electrons. The number of aromatic nitrogens is 2. The molecule has 1 aromatic rings. The normalized spacial score (nSPS) is 15.2. The van der Waals surface area contributed by atoms with E-state index in [2.05, 4.69) is 15.5 Å². The second kappa shape index (κ2) is 5.45. The zero-order valence-electron chi connectivity index (χ0n) is 11.6. The Balaban J connectivity index is 2.20. The van der Waals surface area contributed by atoms with Crippen LogP contribution in [0.3, 0.4) is 0 Å². The lowest BCUT2D eigenvalue weighted by atomic mass is 10.3. The molecule has 0 unspecified atom stereocenters. The molecule has 0 saturated heterocycles. The van der Waals surface area contributed by atoms with Crippen LogP contribution in [0.5, 0.6) is 0 Å². The highest BCUT2D eigenvalue weighted by atomic mass is 32.2. The molecule has 1 aromatic heterocycles. The average molecular weight is 316 g/mol. The molecule has 0 spiro atoms. The number of hydrogen-bond donors (Lipinski definition) is 3. The lowest BCUT2D eigenvalue weighted by Gasteiger charge is -2.15. The number of amides is 1. The van der Waals surface area contributed by atoms with Gasteiger partial charge in [0.2, 0.25) is 10.9 Å². The van der Waals surface area contributed by atoms with Crippen molar-refractivity contribution in [1.82, 2.24) is 19.8 Å². The molecule has 10 heteroatoms.